The molecule has 0 fully saturated rings. The van der Waals surface area contributed by atoms with E-state index in [-0.39, 0.29) is 24.0 Å². The van der Waals surface area contributed by atoms with Crippen LogP contribution in [-0.2, 0) is 36.8 Å². The monoisotopic (exact) mass is 572 g/mol. The lowest BCUT2D eigenvalue weighted by Crippen LogP contribution is -2.34. The van der Waals surface area contributed by atoms with E-state index in [1.807, 2.05) is 0 Å². The van der Waals surface area contributed by atoms with E-state index in [4.69, 9.17) is 0 Å². The third kappa shape index (κ3) is 6.28. The Morgan fingerprint density at radius 3 is 2.46 bits per heavy atom. The number of pyridine rings is 1. The maximum Gasteiger partial charge on any atom is 0.435 e. The second kappa shape index (κ2) is 11.4. The first-order valence-corrected chi connectivity index (χ1v) is 13.1. The highest BCUT2D eigenvalue weighted by atomic mass is 19.4. The van der Waals surface area contributed by atoms with E-state index < -0.39 is 47.8 Å². The summed E-state index contributed by atoms with van der Waals surface area (Å²) in [6, 6.07) is 9.91. The minimum atomic E-state index is -4.65. The van der Waals surface area contributed by atoms with Gasteiger partial charge >= 0.3 is 6.18 Å². The molecule has 0 bridgehead atoms. The molecule has 2 aromatic carbocycles. The van der Waals surface area contributed by atoms with Crippen LogP contribution in [0.2, 0.25) is 0 Å². The van der Waals surface area contributed by atoms with Crippen LogP contribution in [-0.4, -0.2) is 20.7 Å². The topological polar surface area (TPSA) is 59.8 Å². The molecule has 0 unspecified atom stereocenters. The zero-order valence-corrected chi connectivity index (χ0v) is 22.0. The molecular formula is C30H26F6N4O. The zero-order valence-electron chi connectivity index (χ0n) is 22.0. The molecule has 1 aliphatic carbocycles. The molecule has 1 N–H and O–H groups in total. The Balaban J connectivity index is 1.50. The predicted octanol–water partition coefficient (Wildman–Crippen LogP) is 6.67. The van der Waals surface area contributed by atoms with Crippen molar-refractivity contribution in [2.75, 3.05) is 0 Å². The lowest BCUT2D eigenvalue weighted by Gasteiger charge is -2.22. The number of halogens is 6. The van der Waals surface area contributed by atoms with Crippen LogP contribution in [0.4, 0.5) is 26.3 Å². The maximum absolute atomic E-state index is 14.0. The number of aromatic nitrogens is 3. The summed E-state index contributed by atoms with van der Waals surface area (Å²) in [7, 11) is 0. The number of carbonyl (C=O) groups excluding carboxylic acids is 1. The smallest absolute Gasteiger partial charge is 0.346 e. The van der Waals surface area contributed by atoms with Crippen LogP contribution in [0.3, 0.4) is 0 Å². The van der Waals surface area contributed by atoms with Gasteiger partial charge in [0.15, 0.2) is 5.69 Å². The summed E-state index contributed by atoms with van der Waals surface area (Å²) >= 11 is 0. The Bertz CT molecular complexity index is 1580. The number of hydrogen-bond acceptors (Lipinski definition) is 3. The number of benzene rings is 2. The molecule has 5 nitrogen and oxygen atoms in total. The molecule has 0 saturated heterocycles. The third-order valence-corrected chi connectivity index (χ3v) is 7.15. The van der Waals surface area contributed by atoms with Gasteiger partial charge in [0, 0.05) is 29.1 Å². The summed E-state index contributed by atoms with van der Waals surface area (Å²) in [4.78, 5) is 17.8. The lowest BCUT2D eigenvalue weighted by molar-refractivity contribution is -0.142. The first-order valence-electron chi connectivity index (χ1n) is 13.1. The van der Waals surface area contributed by atoms with Crippen molar-refractivity contribution in [3.8, 4) is 11.1 Å². The van der Waals surface area contributed by atoms with Gasteiger partial charge in [0.05, 0.1) is 11.7 Å². The Morgan fingerprint density at radius 1 is 1.02 bits per heavy atom. The number of fused-ring (bicyclic) bond motifs is 1. The van der Waals surface area contributed by atoms with Crippen molar-refractivity contribution in [2.45, 2.75) is 57.8 Å². The molecule has 2 aromatic heterocycles. The summed E-state index contributed by atoms with van der Waals surface area (Å²) in [6.45, 7) is 1.12. The Morgan fingerprint density at radius 2 is 1.76 bits per heavy atom. The normalized spacial score (nSPS) is 14.0. The van der Waals surface area contributed by atoms with Crippen LogP contribution in [0.5, 0.6) is 0 Å². The second-order valence-corrected chi connectivity index (χ2v) is 10.1. The predicted molar refractivity (Wildman–Crippen MR) is 139 cm³/mol. The fourth-order valence-electron chi connectivity index (χ4n) is 5.34. The van der Waals surface area contributed by atoms with E-state index in [1.165, 1.54) is 12.3 Å². The van der Waals surface area contributed by atoms with E-state index in [2.05, 4.69) is 15.4 Å². The van der Waals surface area contributed by atoms with Crippen LogP contribution in [0.1, 0.15) is 52.7 Å². The first-order chi connectivity index (χ1) is 19.5. The van der Waals surface area contributed by atoms with Crippen molar-refractivity contribution in [3.05, 3.63) is 106 Å². The van der Waals surface area contributed by atoms with E-state index >= 15 is 0 Å². The quantitative estimate of drug-likeness (QED) is 0.252. The van der Waals surface area contributed by atoms with Gasteiger partial charge in [0.2, 0.25) is 5.91 Å². The third-order valence-electron chi connectivity index (χ3n) is 7.15. The minimum Gasteiger partial charge on any atom is -0.346 e. The molecule has 11 heteroatoms. The number of nitrogens with one attached hydrogen (secondary N) is 1. The molecule has 2 heterocycles. The van der Waals surface area contributed by atoms with Crippen LogP contribution in [0.25, 0.3) is 11.1 Å². The van der Waals surface area contributed by atoms with Gasteiger partial charge in [0.25, 0.3) is 0 Å². The van der Waals surface area contributed by atoms with Crippen LogP contribution < -0.4 is 5.32 Å². The average molecular weight is 573 g/mol. The highest BCUT2D eigenvalue weighted by Crippen LogP contribution is 2.36. The molecule has 0 saturated carbocycles. The SMILES string of the molecule is Cc1cc(-c2cccnc2[C@H](Cc2cc(F)cc(F)c2)NC(=O)Cn2nc(C(F)(F)F)c3c2CCCC3)ccc1F. The van der Waals surface area contributed by atoms with Gasteiger partial charge < -0.3 is 5.32 Å². The van der Waals surface area contributed by atoms with Crippen molar-refractivity contribution in [3.63, 3.8) is 0 Å². The molecule has 1 aliphatic rings. The summed E-state index contributed by atoms with van der Waals surface area (Å²) in [6.07, 6.45) is -1.36. The van der Waals surface area contributed by atoms with Crippen molar-refractivity contribution >= 4 is 5.91 Å². The number of alkyl halides is 3. The maximum atomic E-state index is 14.0. The van der Waals surface area contributed by atoms with Gasteiger partial charge in [-0.15, -0.1) is 0 Å². The molecule has 1 atom stereocenters. The van der Waals surface area contributed by atoms with E-state index in [0.717, 1.165) is 22.9 Å². The van der Waals surface area contributed by atoms with Crippen molar-refractivity contribution in [2.24, 2.45) is 0 Å². The molecule has 0 radical (unpaired) electrons. The lowest BCUT2D eigenvalue weighted by atomic mass is 9.94. The van der Waals surface area contributed by atoms with Crippen LogP contribution in [0.15, 0.2) is 54.7 Å². The second-order valence-electron chi connectivity index (χ2n) is 10.1. The van der Waals surface area contributed by atoms with Crippen LogP contribution in [0, 0.1) is 24.4 Å². The van der Waals surface area contributed by atoms with Crippen molar-refractivity contribution in [1.82, 2.24) is 20.1 Å². The Hall–Kier alpha value is -4.15. The largest absolute Gasteiger partial charge is 0.435 e. The molecule has 5 rings (SSSR count). The number of rotatable bonds is 7. The Kier molecular flexibility index (Phi) is 7.88. The van der Waals surface area contributed by atoms with Crippen molar-refractivity contribution < 1.29 is 31.1 Å². The van der Waals surface area contributed by atoms with E-state index in [0.29, 0.717) is 47.3 Å². The van der Waals surface area contributed by atoms with E-state index in [1.54, 1.807) is 31.2 Å². The van der Waals surface area contributed by atoms with Gasteiger partial charge in [0.1, 0.15) is 24.0 Å². The van der Waals surface area contributed by atoms with Crippen LogP contribution >= 0.6 is 0 Å². The van der Waals surface area contributed by atoms with Gasteiger partial charge in [-0.3, -0.25) is 14.5 Å². The highest BCUT2D eigenvalue weighted by Gasteiger charge is 2.39. The summed E-state index contributed by atoms with van der Waals surface area (Å²) in [5.74, 6) is -2.66. The van der Waals surface area contributed by atoms with Gasteiger partial charge in [-0.2, -0.15) is 18.3 Å². The molecule has 4 aromatic rings. The van der Waals surface area contributed by atoms with Gasteiger partial charge in [-0.25, -0.2) is 13.2 Å². The highest BCUT2D eigenvalue weighted by molar-refractivity contribution is 5.77. The molecule has 0 aliphatic heterocycles. The zero-order chi connectivity index (χ0) is 29.3. The summed E-state index contributed by atoms with van der Waals surface area (Å²) in [5, 5.41) is 6.55. The molecule has 41 heavy (non-hydrogen) atoms. The van der Waals surface area contributed by atoms with E-state index in [9.17, 15) is 31.1 Å². The minimum absolute atomic E-state index is 0.0738. The van der Waals surface area contributed by atoms with Gasteiger partial charge in [-0.05, 0) is 86.1 Å². The number of amides is 1. The fraction of sp³-hybridized carbons (Fsp3) is 0.300. The number of carbonyl (C=O) groups is 1. The average Bonchev–Trinajstić information content (AvgIpc) is 3.28. The molecule has 0 spiro atoms. The number of aryl methyl sites for hydroxylation is 1. The molecule has 1 amide bonds. The van der Waals surface area contributed by atoms with Gasteiger partial charge in [-0.1, -0.05) is 12.1 Å². The van der Waals surface area contributed by atoms with Crippen molar-refractivity contribution in [1.29, 1.82) is 0 Å². The Labute approximate surface area is 232 Å². The standard InChI is InChI=1S/C30H26F6N4O/c1-17-11-19(8-9-24(17)33)22-6-4-10-37-28(22)25(14-18-12-20(31)15-21(32)13-18)38-27(41)16-40-26-7-3-2-5-23(26)29(39-40)30(34,35)36/h4,6,8-13,15,25H,2-3,5,7,14,16H2,1H3,(H,38,41)/t25-/m0/s1. The fourth-order valence-corrected chi connectivity index (χ4v) is 5.34. The first kappa shape index (κ1) is 28.4. The molecular weight excluding hydrogens is 546 g/mol. The summed E-state index contributed by atoms with van der Waals surface area (Å²) in [5.41, 5.74) is 1.62. The number of hydrogen-bond donors (Lipinski definition) is 1. The number of nitrogens with zero attached hydrogens (tertiary/aromatic N) is 3. The summed E-state index contributed by atoms with van der Waals surface area (Å²) < 4.78 is 84.1. The molecule has 214 valence electrons.